The standard InChI is InChI=1S/C16H12O2Te/c1-18-12-7-8-13-14(17)10-15(19-16(13)9-12)11-5-3-2-4-6-11/h2-10H,1H3. The molecule has 0 spiro atoms. The van der Waals surface area contributed by atoms with Gasteiger partial charge in [-0.1, -0.05) is 0 Å². The Morgan fingerprint density at radius 2 is 1.79 bits per heavy atom. The van der Waals surface area contributed by atoms with Gasteiger partial charge in [0.1, 0.15) is 0 Å². The van der Waals surface area contributed by atoms with E-state index in [9.17, 15) is 4.79 Å². The summed E-state index contributed by atoms with van der Waals surface area (Å²) in [5.74, 6) is 0.825. The Kier molecular flexibility index (Phi) is 3.42. The van der Waals surface area contributed by atoms with E-state index in [4.69, 9.17) is 4.74 Å². The normalized spacial score (nSPS) is 10.6. The molecule has 0 aliphatic carbocycles. The molecule has 0 bridgehead atoms. The van der Waals surface area contributed by atoms with E-state index in [0.717, 1.165) is 20.1 Å². The van der Waals surface area contributed by atoms with Crippen LogP contribution in [0.5, 0.6) is 5.75 Å². The van der Waals surface area contributed by atoms with Gasteiger partial charge in [0.15, 0.2) is 0 Å². The van der Waals surface area contributed by atoms with E-state index in [1.165, 1.54) is 3.58 Å². The predicted octanol–water partition coefficient (Wildman–Crippen LogP) is 2.93. The summed E-state index contributed by atoms with van der Waals surface area (Å²) in [6.45, 7) is 0. The van der Waals surface area contributed by atoms with Crippen molar-refractivity contribution in [3.05, 3.63) is 64.8 Å². The van der Waals surface area contributed by atoms with Gasteiger partial charge in [0.05, 0.1) is 0 Å². The van der Waals surface area contributed by atoms with Crippen LogP contribution in [0.25, 0.3) is 17.9 Å². The molecule has 0 aliphatic rings. The molecule has 0 N–H and O–H groups in total. The Hall–Kier alpha value is -1.56. The van der Waals surface area contributed by atoms with Crippen molar-refractivity contribution in [1.29, 1.82) is 0 Å². The number of ether oxygens (including phenoxy) is 1. The van der Waals surface area contributed by atoms with Crippen molar-refractivity contribution in [2.24, 2.45) is 0 Å². The van der Waals surface area contributed by atoms with E-state index in [-0.39, 0.29) is 5.43 Å². The summed E-state index contributed by atoms with van der Waals surface area (Å²) in [5.41, 5.74) is 1.26. The van der Waals surface area contributed by atoms with Gasteiger partial charge in [0.25, 0.3) is 0 Å². The summed E-state index contributed by atoms with van der Waals surface area (Å²) in [6.07, 6.45) is 0. The number of hydrogen-bond acceptors (Lipinski definition) is 2. The van der Waals surface area contributed by atoms with Gasteiger partial charge in [-0.15, -0.1) is 0 Å². The van der Waals surface area contributed by atoms with Crippen molar-refractivity contribution in [2.45, 2.75) is 0 Å². The molecule has 0 fully saturated rings. The molecular weight excluding hydrogens is 352 g/mol. The van der Waals surface area contributed by atoms with Gasteiger partial charge in [-0.2, -0.15) is 0 Å². The van der Waals surface area contributed by atoms with Crippen molar-refractivity contribution < 1.29 is 4.74 Å². The second kappa shape index (κ2) is 5.20. The number of rotatable bonds is 2. The maximum absolute atomic E-state index is 12.2. The van der Waals surface area contributed by atoms with Crippen LogP contribution in [-0.2, 0) is 0 Å². The van der Waals surface area contributed by atoms with Crippen LogP contribution in [-0.4, -0.2) is 27.5 Å². The van der Waals surface area contributed by atoms with E-state index >= 15 is 0 Å². The molecule has 3 rings (SSSR count). The van der Waals surface area contributed by atoms with E-state index in [0.29, 0.717) is 0 Å². The van der Waals surface area contributed by atoms with Crippen LogP contribution in [0.4, 0.5) is 0 Å². The Morgan fingerprint density at radius 3 is 2.53 bits per heavy atom. The molecule has 0 aliphatic heterocycles. The van der Waals surface area contributed by atoms with E-state index in [1.54, 1.807) is 13.2 Å². The third-order valence-electron chi connectivity index (χ3n) is 2.99. The molecular formula is C16H12O2Te. The van der Waals surface area contributed by atoms with Crippen molar-refractivity contribution in [1.82, 2.24) is 0 Å². The van der Waals surface area contributed by atoms with Crippen molar-refractivity contribution in [3.63, 3.8) is 0 Å². The maximum atomic E-state index is 12.2. The van der Waals surface area contributed by atoms with Gasteiger partial charge in [0, 0.05) is 0 Å². The monoisotopic (exact) mass is 366 g/mol. The topological polar surface area (TPSA) is 26.3 Å². The van der Waals surface area contributed by atoms with Crippen LogP contribution >= 0.6 is 0 Å². The first-order valence-corrected chi connectivity index (χ1v) is 8.28. The van der Waals surface area contributed by atoms with Crippen molar-refractivity contribution >= 4 is 29.2 Å². The molecule has 3 heteroatoms. The molecule has 0 saturated carbocycles. The summed E-state index contributed by atoms with van der Waals surface area (Å²) in [7, 11) is 1.65. The van der Waals surface area contributed by atoms with E-state index in [2.05, 4.69) is 12.1 Å². The van der Waals surface area contributed by atoms with Crippen LogP contribution in [0, 0.1) is 0 Å². The van der Waals surface area contributed by atoms with Crippen LogP contribution in [0.2, 0.25) is 0 Å². The van der Waals surface area contributed by atoms with Gasteiger partial charge in [-0.05, 0) is 0 Å². The summed E-state index contributed by atoms with van der Waals surface area (Å²) in [4.78, 5) is 12.2. The van der Waals surface area contributed by atoms with Gasteiger partial charge in [-0.3, -0.25) is 0 Å². The first-order chi connectivity index (χ1) is 9.28. The Labute approximate surface area is 120 Å². The molecule has 0 saturated heterocycles. The summed E-state index contributed by atoms with van der Waals surface area (Å²) in [5, 5.41) is 0.836. The third-order valence-corrected chi connectivity index (χ3v) is 6.22. The molecule has 94 valence electrons. The van der Waals surface area contributed by atoms with Gasteiger partial charge in [0.2, 0.25) is 0 Å². The van der Waals surface area contributed by atoms with Gasteiger partial charge >= 0.3 is 121 Å². The molecule has 0 atom stereocenters. The van der Waals surface area contributed by atoms with Crippen LogP contribution in [0.1, 0.15) is 0 Å². The molecule has 0 radical (unpaired) electrons. The molecule has 1 heterocycles. The number of hydrogen-bond donors (Lipinski definition) is 0. The molecule has 2 nitrogen and oxygen atoms in total. The SMILES string of the molecule is COc1ccc2c(=O)cc(-c3ccccc3)[te]c2c1. The molecule has 19 heavy (non-hydrogen) atoms. The second-order valence-corrected chi connectivity index (χ2v) is 7.30. The van der Waals surface area contributed by atoms with Crippen LogP contribution in [0.3, 0.4) is 0 Å². The van der Waals surface area contributed by atoms with Crippen LogP contribution in [0.15, 0.2) is 59.4 Å². The Morgan fingerprint density at radius 1 is 1.00 bits per heavy atom. The fourth-order valence-corrected chi connectivity index (χ4v) is 5.18. The number of fused-ring (bicyclic) bond motifs is 1. The average Bonchev–Trinajstić information content (AvgIpc) is 2.47. The molecule has 2 aromatic carbocycles. The van der Waals surface area contributed by atoms with Crippen molar-refractivity contribution in [3.8, 4) is 14.9 Å². The zero-order valence-electron chi connectivity index (χ0n) is 10.4. The van der Waals surface area contributed by atoms with Gasteiger partial charge < -0.3 is 0 Å². The third kappa shape index (κ3) is 2.45. The summed E-state index contributed by atoms with van der Waals surface area (Å²) < 4.78 is 7.60. The zero-order valence-corrected chi connectivity index (χ0v) is 12.8. The second-order valence-electron chi connectivity index (χ2n) is 4.20. The zero-order chi connectivity index (χ0) is 13.2. The molecule has 0 unspecified atom stereocenters. The summed E-state index contributed by atoms with van der Waals surface area (Å²) in [6, 6.07) is 17.7. The Balaban J connectivity index is 2.26. The fraction of sp³-hybridized carbons (Fsp3) is 0.0625. The summed E-state index contributed by atoms with van der Waals surface area (Å²) >= 11 is -0.540. The first-order valence-electron chi connectivity index (χ1n) is 5.95. The minimum absolute atomic E-state index is 0.104. The van der Waals surface area contributed by atoms with Crippen molar-refractivity contribution in [2.75, 3.05) is 7.11 Å². The minimum atomic E-state index is -0.540. The first kappa shape index (κ1) is 12.5. The van der Waals surface area contributed by atoms with Gasteiger partial charge in [-0.25, -0.2) is 0 Å². The molecule has 3 aromatic rings. The average molecular weight is 364 g/mol. The molecule has 1 aromatic heterocycles. The van der Waals surface area contributed by atoms with E-state index < -0.39 is 20.4 Å². The quantitative estimate of drug-likeness (QED) is 0.654. The Bertz CT molecular complexity index is 776. The number of methoxy groups -OCH3 is 1. The molecule has 0 amide bonds. The number of benzene rings is 2. The predicted molar refractivity (Wildman–Crippen MR) is 79.1 cm³/mol. The van der Waals surface area contributed by atoms with Crippen LogP contribution < -0.4 is 10.2 Å². The fourth-order valence-electron chi connectivity index (χ4n) is 2.01. The van der Waals surface area contributed by atoms with E-state index in [1.807, 2.05) is 36.4 Å².